The third kappa shape index (κ3) is 2.88. The SMILES string of the molecule is CC1(C)C(=O)NC(=O)CN1Cc1cnc(Cl)cc1Cl. The largest absolute Gasteiger partial charge is 0.294 e. The van der Waals surface area contributed by atoms with Crippen LogP contribution in [0.5, 0.6) is 0 Å². The van der Waals surface area contributed by atoms with Crippen LogP contribution in [0.4, 0.5) is 0 Å². The Balaban J connectivity index is 2.25. The maximum absolute atomic E-state index is 11.8. The molecule has 1 N–H and O–H groups in total. The molecule has 2 amide bonds. The van der Waals surface area contributed by atoms with E-state index in [0.717, 1.165) is 5.56 Å². The highest BCUT2D eigenvalue weighted by Crippen LogP contribution is 2.25. The zero-order chi connectivity index (χ0) is 14.2. The Morgan fingerprint density at radius 1 is 1.42 bits per heavy atom. The highest BCUT2D eigenvalue weighted by molar-refractivity contribution is 6.34. The quantitative estimate of drug-likeness (QED) is 0.666. The predicted molar refractivity (Wildman–Crippen MR) is 71.9 cm³/mol. The molecule has 7 heteroatoms. The Hall–Kier alpha value is -1.17. The number of amides is 2. The summed E-state index contributed by atoms with van der Waals surface area (Å²) in [4.78, 5) is 29.0. The molecule has 1 saturated heterocycles. The minimum Gasteiger partial charge on any atom is -0.294 e. The molecule has 0 aliphatic carbocycles. The summed E-state index contributed by atoms with van der Waals surface area (Å²) >= 11 is 11.8. The summed E-state index contributed by atoms with van der Waals surface area (Å²) in [5.41, 5.74) is -0.0571. The van der Waals surface area contributed by atoms with Gasteiger partial charge in [-0.2, -0.15) is 0 Å². The summed E-state index contributed by atoms with van der Waals surface area (Å²) in [6.07, 6.45) is 1.55. The Morgan fingerprint density at radius 3 is 2.74 bits per heavy atom. The Kier molecular flexibility index (Phi) is 3.80. The Labute approximate surface area is 120 Å². The van der Waals surface area contributed by atoms with Gasteiger partial charge >= 0.3 is 0 Å². The average Bonchev–Trinajstić information content (AvgIpc) is 2.29. The van der Waals surface area contributed by atoms with Crippen LogP contribution < -0.4 is 5.32 Å². The molecule has 1 aromatic heterocycles. The van der Waals surface area contributed by atoms with E-state index in [-0.39, 0.29) is 18.4 Å². The van der Waals surface area contributed by atoms with Crippen molar-refractivity contribution in [1.82, 2.24) is 15.2 Å². The van der Waals surface area contributed by atoms with Crippen LogP contribution in [0, 0.1) is 0 Å². The maximum atomic E-state index is 11.8. The number of piperazine rings is 1. The van der Waals surface area contributed by atoms with Gasteiger partial charge in [-0.15, -0.1) is 0 Å². The van der Waals surface area contributed by atoms with E-state index in [2.05, 4.69) is 10.3 Å². The molecule has 0 radical (unpaired) electrons. The third-order valence-electron chi connectivity index (χ3n) is 3.19. The predicted octanol–water partition coefficient (Wildman–Crippen LogP) is 1.63. The number of carbonyl (C=O) groups is 2. The molecule has 2 rings (SSSR count). The molecule has 2 heterocycles. The van der Waals surface area contributed by atoms with Crippen molar-refractivity contribution in [2.75, 3.05) is 6.54 Å². The third-order valence-corrected chi connectivity index (χ3v) is 3.75. The van der Waals surface area contributed by atoms with Crippen LogP contribution in [0.2, 0.25) is 10.2 Å². The summed E-state index contributed by atoms with van der Waals surface area (Å²) in [5.74, 6) is -0.635. The number of nitrogens with zero attached hydrogens (tertiary/aromatic N) is 2. The molecule has 0 unspecified atom stereocenters. The number of halogens is 2. The molecule has 1 fully saturated rings. The molecule has 1 aromatic rings. The average molecular weight is 302 g/mol. The number of carbonyl (C=O) groups excluding carboxylic acids is 2. The minimum absolute atomic E-state index is 0.137. The Morgan fingerprint density at radius 2 is 2.11 bits per heavy atom. The summed E-state index contributed by atoms with van der Waals surface area (Å²) in [5, 5.41) is 3.09. The highest BCUT2D eigenvalue weighted by atomic mass is 35.5. The van der Waals surface area contributed by atoms with Crippen molar-refractivity contribution in [3.8, 4) is 0 Å². The second-order valence-electron chi connectivity index (χ2n) is 4.89. The molecule has 102 valence electrons. The van der Waals surface area contributed by atoms with Gasteiger partial charge in [0.25, 0.3) is 0 Å². The van der Waals surface area contributed by atoms with E-state index < -0.39 is 5.54 Å². The number of nitrogens with one attached hydrogen (secondary N) is 1. The summed E-state index contributed by atoms with van der Waals surface area (Å²) in [7, 11) is 0. The lowest BCUT2D eigenvalue weighted by Gasteiger charge is -2.40. The monoisotopic (exact) mass is 301 g/mol. The number of imide groups is 1. The summed E-state index contributed by atoms with van der Waals surface area (Å²) in [6, 6.07) is 1.54. The fourth-order valence-corrected chi connectivity index (χ4v) is 2.27. The molecule has 0 saturated carbocycles. The lowest BCUT2D eigenvalue weighted by Crippen LogP contribution is -2.63. The van der Waals surface area contributed by atoms with Crippen molar-refractivity contribution in [3.05, 3.63) is 28.0 Å². The first-order valence-electron chi connectivity index (χ1n) is 5.70. The van der Waals surface area contributed by atoms with E-state index in [1.54, 1.807) is 24.9 Å². The molecule has 0 spiro atoms. The van der Waals surface area contributed by atoms with Crippen molar-refractivity contribution >= 4 is 35.0 Å². The standard InChI is InChI=1S/C12H13Cl2N3O2/c1-12(2)11(19)16-10(18)6-17(12)5-7-4-15-9(14)3-8(7)13/h3-4H,5-6H2,1-2H3,(H,16,18,19). The minimum atomic E-state index is -0.781. The molecule has 0 aromatic carbocycles. The Bertz CT molecular complexity index is 546. The van der Waals surface area contributed by atoms with Gasteiger partial charge in [0.1, 0.15) is 5.15 Å². The van der Waals surface area contributed by atoms with Crippen LogP contribution in [0.15, 0.2) is 12.3 Å². The topological polar surface area (TPSA) is 62.3 Å². The van der Waals surface area contributed by atoms with Crippen molar-refractivity contribution in [3.63, 3.8) is 0 Å². The first kappa shape index (κ1) is 14.2. The van der Waals surface area contributed by atoms with E-state index in [1.165, 1.54) is 6.07 Å². The smallest absolute Gasteiger partial charge is 0.246 e. The van der Waals surface area contributed by atoms with Crippen molar-refractivity contribution in [2.24, 2.45) is 0 Å². The van der Waals surface area contributed by atoms with E-state index in [0.29, 0.717) is 16.7 Å². The van der Waals surface area contributed by atoms with E-state index in [1.807, 2.05) is 0 Å². The second kappa shape index (κ2) is 5.07. The first-order chi connectivity index (χ1) is 8.80. The van der Waals surface area contributed by atoms with Gasteiger partial charge in [0.2, 0.25) is 11.8 Å². The lowest BCUT2D eigenvalue weighted by atomic mass is 9.98. The second-order valence-corrected chi connectivity index (χ2v) is 5.69. The van der Waals surface area contributed by atoms with Crippen LogP contribution in [0.3, 0.4) is 0 Å². The number of rotatable bonds is 2. The van der Waals surface area contributed by atoms with Crippen molar-refractivity contribution in [1.29, 1.82) is 0 Å². The van der Waals surface area contributed by atoms with Crippen LogP contribution in [0.25, 0.3) is 0 Å². The van der Waals surface area contributed by atoms with Gasteiger partial charge in [0.15, 0.2) is 0 Å². The summed E-state index contributed by atoms with van der Waals surface area (Å²) in [6.45, 7) is 4.00. The molecule has 1 aliphatic rings. The fourth-order valence-electron chi connectivity index (χ4n) is 1.85. The molecule has 19 heavy (non-hydrogen) atoms. The first-order valence-corrected chi connectivity index (χ1v) is 6.45. The van der Waals surface area contributed by atoms with E-state index in [4.69, 9.17) is 23.2 Å². The summed E-state index contributed by atoms with van der Waals surface area (Å²) < 4.78 is 0. The van der Waals surface area contributed by atoms with Crippen LogP contribution >= 0.6 is 23.2 Å². The van der Waals surface area contributed by atoms with Crippen LogP contribution in [0.1, 0.15) is 19.4 Å². The van der Waals surface area contributed by atoms with Gasteiger partial charge in [-0.3, -0.25) is 19.8 Å². The van der Waals surface area contributed by atoms with Gasteiger partial charge in [0.05, 0.1) is 12.1 Å². The molecular formula is C12H13Cl2N3O2. The van der Waals surface area contributed by atoms with E-state index >= 15 is 0 Å². The van der Waals surface area contributed by atoms with Gasteiger partial charge in [0, 0.05) is 23.3 Å². The van der Waals surface area contributed by atoms with Crippen LogP contribution in [-0.2, 0) is 16.1 Å². The molecular weight excluding hydrogens is 289 g/mol. The zero-order valence-corrected chi connectivity index (χ0v) is 12.0. The number of aromatic nitrogens is 1. The molecule has 1 aliphatic heterocycles. The van der Waals surface area contributed by atoms with Gasteiger partial charge < -0.3 is 0 Å². The van der Waals surface area contributed by atoms with Crippen LogP contribution in [-0.4, -0.2) is 33.8 Å². The number of hydrogen-bond donors (Lipinski definition) is 1. The lowest BCUT2D eigenvalue weighted by molar-refractivity contribution is -0.145. The number of pyridine rings is 1. The highest BCUT2D eigenvalue weighted by Gasteiger charge is 2.40. The maximum Gasteiger partial charge on any atom is 0.246 e. The van der Waals surface area contributed by atoms with Crippen molar-refractivity contribution < 1.29 is 9.59 Å². The van der Waals surface area contributed by atoms with Gasteiger partial charge in [-0.25, -0.2) is 4.98 Å². The van der Waals surface area contributed by atoms with Gasteiger partial charge in [-0.05, 0) is 19.9 Å². The van der Waals surface area contributed by atoms with E-state index in [9.17, 15) is 9.59 Å². The normalized spacial score (nSPS) is 19.4. The molecule has 0 atom stereocenters. The molecule has 0 bridgehead atoms. The number of hydrogen-bond acceptors (Lipinski definition) is 4. The fraction of sp³-hybridized carbons (Fsp3) is 0.417. The van der Waals surface area contributed by atoms with Gasteiger partial charge in [-0.1, -0.05) is 23.2 Å². The van der Waals surface area contributed by atoms with Crippen molar-refractivity contribution in [2.45, 2.75) is 25.9 Å². The zero-order valence-electron chi connectivity index (χ0n) is 10.5. The molecule has 5 nitrogen and oxygen atoms in total.